The molecular weight excluding hydrogens is 274 g/mol. The molecule has 0 aromatic heterocycles. The van der Waals surface area contributed by atoms with Gasteiger partial charge in [0, 0.05) is 25.2 Å². The topological polar surface area (TPSA) is 66.6 Å². The van der Waals surface area contributed by atoms with E-state index in [0.29, 0.717) is 5.92 Å². The van der Waals surface area contributed by atoms with Gasteiger partial charge in [-0.3, -0.25) is 0 Å². The van der Waals surface area contributed by atoms with E-state index >= 15 is 0 Å². The van der Waals surface area contributed by atoms with Crippen molar-refractivity contribution >= 4 is 15.7 Å². The Bertz CT molecular complexity index is 584. The van der Waals surface area contributed by atoms with Crippen molar-refractivity contribution in [2.45, 2.75) is 18.1 Å². The smallest absolute Gasteiger partial charge is 0.213 e. The largest absolute Gasteiger partial charge is 0.374 e. The zero-order valence-corrected chi connectivity index (χ0v) is 13.2. The van der Waals surface area contributed by atoms with Gasteiger partial charge in [-0.15, -0.1) is 0 Å². The highest BCUT2D eigenvalue weighted by molar-refractivity contribution is 7.88. The molecule has 5 nitrogen and oxygen atoms in total. The summed E-state index contributed by atoms with van der Waals surface area (Å²) in [5.41, 5.74) is 3.22. The van der Waals surface area contributed by atoms with Crippen LogP contribution in [0.3, 0.4) is 0 Å². The number of rotatable bonds is 5. The molecule has 0 radical (unpaired) electrons. The second kappa shape index (κ2) is 5.71. The Morgan fingerprint density at radius 1 is 1.40 bits per heavy atom. The molecule has 0 fully saturated rings. The Morgan fingerprint density at radius 3 is 2.70 bits per heavy atom. The third kappa shape index (κ3) is 3.71. The Labute approximate surface area is 121 Å². The summed E-state index contributed by atoms with van der Waals surface area (Å²) in [6.07, 6.45) is 1.07. The molecule has 112 valence electrons. The van der Waals surface area contributed by atoms with Crippen LogP contribution in [0.2, 0.25) is 0 Å². The molecule has 1 atom stereocenters. The van der Waals surface area contributed by atoms with Gasteiger partial charge in [0.25, 0.3) is 0 Å². The zero-order chi connectivity index (χ0) is 14.9. The fourth-order valence-electron chi connectivity index (χ4n) is 2.79. The minimum Gasteiger partial charge on any atom is -0.374 e. The first kappa shape index (κ1) is 15.3. The lowest BCUT2D eigenvalue weighted by atomic mass is 9.96. The van der Waals surface area contributed by atoms with E-state index in [1.54, 1.807) is 0 Å². The Balaban J connectivity index is 2.23. The van der Waals surface area contributed by atoms with E-state index in [1.807, 2.05) is 18.2 Å². The van der Waals surface area contributed by atoms with Gasteiger partial charge in [0.2, 0.25) is 10.0 Å². The van der Waals surface area contributed by atoms with Gasteiger partial charge in [-0.2, -0.15) is 0 Å². The lowest BCUT2D eigenvalue weighted by Gasteiger charge is -2.15. The van der Waals surface area contributed by atoms with Crippen LogP contribution < -0.4 is 10.0 Å². The quantitative estimate of drug-likeness (QED) is 0.879. The van der Waals surface area contributed by atoms with E-state index < -0.39 is 10.0 Å². The van der Waals surface area contributed by atoms with Crippen LogP contribution in [0.1, 0.15) is 23.5 Å². The highest BCUT2D eigenvalue weighted by atomic mass is 32.2. The number of hydrogen-bond acceptors (Lipinski definition) is 4. The first-order valence-corrected chi connectivity index (χ1v) is 8.47. The van der Waals surface area contributed by atoms with Crippen LogP contribution >= 0.6 is 0 Å². The van der Waals surface area contributed by atoms with Crippen LogP contribution in [0.5, 0.6) is 0 Å². The van der Waals surface area contributed by atoms with Crippen LogP contribution in [-0.2, 0) is 15.8 Å². The molecule has 20 heavy (non-hydrogen) atoms. The molecule has 6 heteroatoms. The molecule has 2 N–H and O–H groups in total. The third-order valence-corrected chi connectivity index (χ3v) is 4.47. The van der Waals surface area contributed by atoms with Crippen molar-refractivity contribution in [3.63, 3.8) is 0 Å². The van der Waals surface area contributed by atoms with Gasteiger partial charge in [-0.1, -0.05) is 12.1 Å². The maximum Gasteiger partial charge on any atom is 0.213 e. The van der Waals surface area contributed by atoms with Crippen molar-refractivity contribution in [2.24, 2.45) is 5.14 Å². The highest BCUT2D eigenvalue weighted by Gasteiger charge is 2.26. The zero-order valence-electron chi connectivity index (χ0n) is 12.3. The molecule has 1 aliphatic heterocycles. The van der Waals surface area contributed by atoms with Gasteiger partial charge in [-0.05, 0) is 44.3 Å². The molecule has 0 spiro atoms. The molecule has 0 saturated heterocycles. The van der Waals surface area contributed by atoms with E-state index in [9.17, 15) is 8.42 Å². The molecule has 1 aromatic carbocycles. The van der Waals surface area contributed by atoms with E-state index in [0.717, 1.165) is 25.1 Å². The lowest BCUT2D eigenvalue weighted by molar-refractivity contribution is 0.384. The van der Waals surface area contributed by atoms with Crippen molar-refractivity contribution in [3.8, 4) is 0 Å². The van der Waals surface area contributed by atoms with Gasteiger partial charge in [0.1, 0.15) is 0 Å². The van der Waals surface area contributed by atoms with Gasteiger partial charge in [0.05, 0.1) is 5.75 Å². The Hall–Kier alpha value is -1.11. The van der Waals surface area contributed by atoms with Crippen molar-refractivity contribution in [2.75, 3.05) is 39.1 Å². The molecular formula is C14H23N3O2S. The van der Waals surface area contributed by atoms with Crippen molar-refractivity contribution in [1.82, 2.24) is 4.90 Å². The first-order valence-electron chi connectivity index (χ1n) is 6.75. The third-order valence-electron chi connectivity index (χ3n) is 3.73. The summed E-state index contributed by atoms with van der Waals surface area (Å²) in [6, 6.07) is 5.86. The Kier molecular flexibility index (Phi) is 4.36. The number of benzene rings is 1. The van der Waals surface area contributed by atoms with Crippen molar-refractivity contribution in [3.05, 3.63) is 29.3 Å². The standard InChI is InChI=1S/C14H23N3O2S/c1-16(2)7-6-12-9-17(3)14-5-4-11(8-13(12)14)10-20(15,18)19/h4-5,8,12H,6-7,9-10H2,1-3H3,(H2,15,18,19). The predicted octanol–water partition coefficient (Wildman–Crippen LogP) is 0.960. The van der Waals surface area contributed by atoms with E-state index in [2.05, 4.69) is 30.9 Å². The molecule has 0 bridgehead atoms. The monoisotopic (exact) mass is 297 g/mol. The molecule has 1 unspecified atom stereocenters. The second-order valence-corrected chi connectivity index (χ2v) is 7.48. The number of anilines is 1. The Morgan fingerprint density at radius 2 is 2.10 bits per heavy atom. The average molecular weight is 297 g/mol. The number of primary sulfonamides is 1. The van der Waals surface area contributed by atoms with Crippen LogP contribution in [-0.4, -0.2) is 47.6 Å². The van der Waals surface area contributed by atoms with E-state index in [4.69, 9.17) is 5.14 Å². The summed E-state index contributed by atoms with van der Waals surface area (Å²) < 4.78 is 22.4. The summed E-state index contributed by atoms with van der Waals surface area (Å²) in [5.74, 6) is 0.363. The molecule has 0 saturated carbocycles. The molecule has 0 aliphatic carbocycles. The van der Waals surface area contributed by atoms with Gasteiger partial charge < -0.3 is 9.80 Å². The van der Waals surface area contributed by atoms with Gasteiger partial charge in [0.15, 0.2) is 0 Å². The van der Waals surface area contributed by atoms with Crippen molar-refractivity contribution < 1.29 is 8.42 Å². The van der Waals surface area contributed by atoms with Crippen LogP contribution in [0.15, 0.2) is 18.2 Å². The predicted molar refractivity (Wildman–Crippen MR) is 82.4 cm³/mol. The summed E-state index contributed by atoms with van der Waals surface area (Å²) in [7, 11) is 2.74. The molecule has 2 rings (SSSR count). The van der Waals surface area contributed by atoms with E-state index in [1.165, 1.54) is 11.3 Å². The average Bonchev–Trinajstić information content (AvgIpc) is 2.61. The van der Waals surface area contributed by atoms with Gasteiger partial charge in [-0.25, -0.2) is 13.6 Å². The lowest BCUT2D eigenvalue weighted by Crippen LogP contribution is -2.19. The van der Waals surface area contributed by atoms with Crippen LogP contribution in [0.25, 0.3) is 0 Å². The summed E-state index contributed by atoms with van der Waals surface area (Å²) in [6.45, 7) is 2.01. The fraction of sp³-hybridized carbons (Fsp3) is 0.571. The van der Waals surface area contributed by atoms with E-state index in [-0.39, 0.29) is 5.75 Å². The molecule has 1 aliphatic rings. The van der Waals surface area contributed by atoms with Crippen LogP contribution in [0, 0.1) is 0 Å². The minimum absolute atomic E-state index is 0.0929. The minimum atomic E-state index is -3.47. The fourth-order valence-corrected chi connectivity index (χ4v) is 3.43. The number of likely N-dealkylation sites (N-methyl/N-ethyl adjacent to an activating group) is 1. The number of nitrogens with two attached hydrogens (primary N) is 1. The second-order valence-electron chi connectivity index (χ2n) is 5.87. The summed E-state index contributed by atoms with van der Waals surface area (Å²) >= 11 is 0. The number of sulfonamides is 1. The SMILES string of the molecule is CN(C)CCC1CN(C)c2ccc(CS(N)(=O)=O)cc21. The van der Waals surface area contributed by atoms with Gasteiger partial charge >= 0.3 is 0 Å². The van der Waals surface area contributed by atoms with Crippen molar-refractivity contribution in [1.29, 1.82) is 0 Å². The number of nitrogens with zero attached hydrogens (tertiary/aromatic N) is 2. The number of fused-ring (bicyclic) bond motifs is 1. The van der Waals surface area contributed by atoms with Crippen LogP contribution in [0.4, 0.5) is 5.69 Å². The molecule has 1 aromatic rings. The highest BCUT2D eigenvalue weighted by Crippen LogP contribution is 2.37. The summed E-state index contributed by atoms with van der Waals surface area (Å²) in [4.78, 5) is 4.41. The summed E-state index contributed by atoms with van der Waals surface area (Å²) in [5, 5.41) is 5.13. The first-order chi connectivity index (χ1) is 9.26. The molecule has 0 amide bonds. The number of hydrogen-bond donors (Lipinski definition) is 1. The maximum absolute atomic E-state index is 11.2. The normalized spacial score (nSPS) is 18.6. The maximum atomic E-state index is 11.2. The molecule has 1 heterocycles.